The maximum atomic E-state index is 13.0. The summed E-state index contributed by atoms with van der Waals surface area (Å²) in [6.45, 7) is 5.65. The molecule has 1 aromatic carbocycles. The highest BCUT2D eigenvalue weighted by Gasteiger charge is 2.27. The number of esters is 2. The highest BCUT2D eigenvalue weighted by molar-refractivity contribution is 5.87. The van der Waals surface area contributed by atoms with Crippen molar-refractivity contribution in [3.8, 4) is 0 Å². The second-order valence-corrected chi connectivity index (χ2v) is 16.7. The van der Waals surface area contributed by atoms with Crippen LogP contribution in [0.3, 0.4) is 0 Å². The van der Waals surface area contributed by atoms with Crippen LogP contribution < -0.4 is 0 Å². The molecular formula is C49H84NO6+. The molecule has 7 nitrogen and oxygen atoms in total. The zero-order valence-corrected chi connectivity index (χ0v) is 36.6. The van der Waals surface area contributed by atoms with Gasteiger partial charge in [-0.3, -0.25) is 9.59 Å². The molecule has 0 spiro atoms. The minimum atomic E-state index is -0.952. The van der Waals surface area contributed by atoms with E-state index in [1.165, 1.54) is 116 Å². The predicted molar refractivity (Wildman–Crippen MR) is 234 cm³/mol. The number of hydrogen-bond acceptors (Lipinski definition) is 5. The van der Waals surface area contributed by atoms with E-state index in [0.29, 0.717) is 30.4 Å². The van der Waals surface area contributed by atoms with Crippen LogP contribution in [0.15, 0.2) is 48.6 Å². The van der Waals surface area contributed by atoms with Crippen molar-refractivity contribution in [3.05, 3.63) is 59.7 Å². The topological polar surface area (TPSA) is 89.9 Å². The summed E-state index contributed by atoms with van der Waals surface area (Å²) in [7, 11) is 4.09. The van der Waals surface area contributed by atoms with Crippen LogP contribution in [0, 0.1) is 0 Å². The summed E-state index contributed by atoms with van der Waals surface area (Å²) >= 11 is 0. The van der Waals surface area contributed by atoms with Crippen LogP contribution in [0.4, 0.5) is 0 Å². The minimum Gasteiger partial charge on any atom is -0.478 e. The zero-order chi connectivity index (χ0) is 41.0. The molecule has 1 rings (SSSR count). The van der Waals surface area contributed by atoms with Gasteiger partial charge in [0, 0.05) is 18.4 Å². The molecule has 0 saturated heterocycles. The average molecular weight is 783 g/mol. The third kappa shape index (κ3) is 31.2. The Labute approximate surface area is 343 Å². The molecule has 0 aliphatic rings. The maximum absolute atomic E-state index is 13.0. The monoisotopic (exact) mass is 783 g/mol. The Morgan fingerprint density at radius 2 is 0.964 bits per heavy atom. The summed E-state index contributed by atoms with van der Waals surface area (Å²) in [5.74, 6) is -1.44. The van der Waals surface area contributed by atoms with E-state index in [1.54, 1.807) is 12.1 Å². The summed E-state index contributed by atoms with van der Waals surface area (Å²) < 4.78 is 12.1. The summed E-state index contributed by atoms with van der Waals surface area (Å²) in [5.41, 5.74) is 1.24. The smallest absolute Gasteiger partial charge is 0.335 e. The van der Waals surface area contributed by atoms with Crippen molar-refractivity contribution in [2.24, 2.45) is 0 Å². The number of aromatic carboxylic acids is 1. The van der Waals surface area contributed by atoms with Gasteiger partial charge in [-0.15, -0.1) is 0 Å². The number of likely N-dealkylation sites (N-methyl/N-ethyl adjacent to an activating group) is 1. The van der Waals surface area contributed by atoms with Gasteiger partial charge in [0.15, 0.2) is 6.10 Å². The average Bonchev–Trinajstić information content (AvgIpc) is 3.16. The Hall–Kier alpha value is -2.93. The van der Waals surface area contributed by atoms with Gasteiger partial charge < -0.3 is 19.1 Å². The molecule has 0 heterocycles. The van der Waals surface area contributed by atoms with E-state index in [2.05, 4.69) is 38.2 Å². The molecule has 0 aliphatic heterocycles. The Kier molecular flexibility index (Phi) is 32.2. The molecule has 0 fully saturated rings. The fourth-order valence-corrected chi connectivity index (χ4v) is 7.17. The van der Waals surface area contributed by atoms with Gasteiger partial charge in [-0.05, 0) is 76.3 Å². The Morgan fingerprint density at radius 1 is 0.571 bits per heavy atom. The van der Waals surface area contributed by atoms with E-state index >= 15 is 0 Å². The number of quaternary nitrogens is 1. The van der Waals surface area contributed by atoms with Crippen molar-refractivity contribution in [2.45, 2.75) is 206 Å². The van der Waals surface area contributed by atoms with Crippen LogP contribution in [0.1, 0.15) is 210 Å². The van der Waals surface area contributed by atoms with Gasteiger partial charge in [0.2, 0.25) is 0 Å². The molecule has 7 heteroatoms. The highest BCUT2D eigenvalue weighted by Crippen LogP contribution is 2.16. The first-order chi connectivity index (χ1) is 27.2. The molecule has 0 saturated carbocycles. The van der Waals surface area contributed by atoms with Crippen molar-refractivity contribution < 1.29 is 33.4 Å². The van der Waals surface area contributed by atoms with Crippen LogP contribution in [0.2, 0.25) is 0 Å². The number of carbonyl (C=O) groups is 3. The normalized spacial score (nSPS) is 12.4. The largest absolute Gasteiger partial charge is 0.478 e. The first-order valence-electron chi connectivity index (χ1n) is 23.0. The molecule has 0 aliphatic carbocycles. The molecule has 1 atom stereocenters. The van der Waals surface area contributed by atoms with Gasteiger partial charge in [-0.1, -0.05) is 153 Å². The summed E-state index contributed by atoms with van der Waals surface area (Å²) in [6, 6.07) is 6.87. The Balaban J connectivity index is 2.40. The maximum Gasteiger partial charge on any atom is 0.335 e. The third-order valence-electron chi connectivity index (χ3n) is 10.5. The third-order valence-corrected chi connectivity index (χ3v) is 10.5. The fraction of sp³-hybridized carbons (Fsp3) is 0.735. The van der Waals surface area contributed by atoms with Crippen LogP contribution in [0.5, 0.6) is 0 Å². The van der Waals surface area contributed by atoms with Gasteiger partial charge >= 0.3 is 17.9 Å². The number of allylic oxidation sites excluding steroid dienone is 4. The number of carboxylic acid groups (broad SMARTS) is 1. The number of carboxylic acids is 1. The molecule has 1 N–H and O–H groups in total. The van der Waals surface area contributed by atoms with E-state index in [1.807, 2.05) is 26.2 Å². The first kappa shape index (κ1) is 51.1. The number of ether oxygens (including phenoxy) is 2. The molecule has 0 radical (unpaired) electrons. The van der Waals surface area contributed by atoms with Crippen molar-refractivity contribution >= 4 is 17.9 Å². The number of hydrogen-bond donors (Lipinski definition) is 1. The summed E-state index contributed by atoms with van der Waals surface area (Å²) in [5, 5.41) is 9.26. The molecule has 0 bridgehead atoms. The van der Waals surface area contributed by atoms with Gasteiger partial charge in [-0.25, -0.2) is 4.79 Å². The Bertz CT molecular complexity index is 1170. The van der Waals surface area contributed by atoms with Gasteiger partial charge in [0.05, 0.1) is 19.7 Å². The molecule has 0 amide bonds. The Morgan fingerprint density at radius 3 is 1.39 bits per heavy atom. The van der Waals surface area contributed by atoms with E-state index in [9.17, 15) is 19.5 Å². The number of benzene rings is 1. The predicted octanol–water partition coefficient (Wildman–Crippen LogP) is 13.5. The van der Waals surface area contributed by atoms with Gasteiger partial charge in [0.25, 0.3) is 0 Å². The lowest BCUT2D eigenvalue weighted by atomic mass is 10.1. The SMILES string of the molecule is CCCCCCCCC=CCCCCCCCC(=O)OCC(C[N+](C)(C)Cc1ccc(C(=O)O)cc1)OC(=O)CCCCCCC/C=C\CCCCCCCC. The second kappa shape index (κ2) is 35.2. The lowest BCUT2D eigenvalue weighted by molar-refractivity contribution is -0.906. The van der Waals surface area contributed by atoms with Gasteiger partial charge in [0.1, 0.15) is 19.7 Å². The lowest BCUT2D eigenvalue weighted by Gasteiger charge is -2.33. The number of carbonyl (C=O) groups excluding carboxylic acids is 2. The number of rotatable bonds is 38. The molecule has 1 aromatic rings. The number of nitrogens with zero attached hydrogens (tertiary/aromatic N) is 1. The minimum absolute atomic E-state index is 0.0433. The standard InChI is InChI=1S/C49H83NO6/c1-5-7-9-11-13-15-17-19-21-23-25-27-29-31-33-35-47(51)55-43-46(42-50(3,4)41-44-37-39-45(40-38-44)49(53)54)56-48(52)36-34-32-30-28-26-24-22-20-18-16-14-12-10-8-6-2/h19-22,37-40,46H,5-18,23-36,41-43H2,1-4H3/p+1/b21-19?,22-20-. The van der Waals surface area contributed by atoms with E-state index in [-0.39, 0.29) is 24.1 Å². The molecule has 0 aromatic heterocycles. The molecule has 56 heavy (non-hydrogen) atoms. The molecule has 1 unspecified atom stereocenters. The van der Waals surface area contributed by atoms with E-state index < -0.39 is 12.1 Å². The lowest BCUT2D eigenvalue weighted by Crippen LogP contribution is -2.47. The van der Waals surface area contributed by atoms with Crippen molar-refractivity contribution in [3.63, 3.8) is 0 Å². The number of unbranched alkanes of at least 4 members (excludes halogenated alkanes) is 22. The van der Waals surface area contributed by atoms with Gasteiger partial charge in [-0.2, -0.15) is 0 Å². The first-order valence-corrected chi connectivity index (χ1v) is 23.0. The second-order valence-electron chi connectivity index (χ2n) is 16.7. The highest BCUT2D eigenvalue weighted by atomic mass is 16.6. The molecule has 320 valence electrons. The van der Waals surface area contributed by atoms with Crippen LogP contribution >= 0.6 is 0 Å². The molecular weight excluding hydrogens is 699 g/mol. The van der Waals surface area contributed by atoms with E-state index in [0.717, 1.165) is 56.9 Å². The van der Waals surface area contributed by atoms with Crippen LogP contribution in [-0.4, -0.2) is 60.8 Å². The zero-order valence-electron chi connectivity index (χ0n) is 36.6. The van der Waals surface area contributed by atoms with Crippen molar-refractivity contribution in [2.75, 3.05) is 27.2 Å². The van der Waals surface area contributed by atoms with Crippen molar-refractivity contribution in [1.29, 1.82) is 0 Å². The van der Waals surface area contributed by atoms with Crippen LogP contribution in [0.25, 0.3) is 0 Å². The fourth-order valence-electron chi connectivity index (χ4n) is 7.17. The quantitative estimate of drug-likeness (QED) is 0.0311. The summed E-state index contributed by atoms with van der Waals surface area (Å²) in [6.07, 6.45) is 40.9. The summed E-state index contributed by atoms with van der Waals surface area (Å²) in [4.78, 5) is 37.0. The van der Waals surface area contributed by atoms with E-state index in [4.69, 9.17) is 9.47 Å². The van der Waals surface area contributed by atoms with Crippen molar-refractivity contribution in [1.82, 2.24) is 0 Å². The van der Waals surface area contributed by atoms with Crippen LogP contribution in [-0.2, 0) is 25.6 Å².